The lowest BCUT2D eigenvalue weighted by atomic mass is 9.87. The number of carbonyl (C=O) groups is 4. The second-order valence-electron chi connectivity index (χ2n) is 15.1. The zero-order valence-electron chi connectivity index (χ0n) is 33.7. The molecule has 0 spiro atoms. The van der Waals surface area contributed by atoms with Gasteiger partial charge in [0, 0.05) is 29.5 Å². The molecular weight excluding hydrogens is 862 g/mol. The first-order chi connectivity index (χ1) is 30.1. The molecule has 4 heterocycles. The van der Waals surface area contributed by atoms with E-state index in [1.807, 2.05) is 11.8 Å². The number of fused-ring (bicyclic) bond motifs is 1. The van der Waals surface area contributed by atoms with E-state index in [1.165, 1.54) is 24.3 Å². The van der Waals surface area contributed by atoms with Crippen molar-refractivity contribution in [3.8, 4) is 11.5 Å². The highest BCUT2D eigenvalue weighted by molar-refractivity contribution is 8.00. The molecule has 4 aliphatic rings. The summed E-state index contributed by atoms with van der Waals surface area (Å²) in [5.74, 6) is -2.33. The number of carboxylic acid groups (broad SMARTS) is 1. The van der Waals surface area contributed by atoms with Crippen molar-refractivity contribution in [1.29, 1.82) is 0 Å². The van der Waals surface area contributed by atoms with Crippen LogP contribution in [0, 0.1) is 0 Å². The van der Waals surface area contributed by atoms with Crippen LogP contribution in [0.2, 0.25) is 0 Å². The lowest BCUT2D eigenvalue weighted by Crippen LogP contribution is -2.65. The van der Waals surface area contributed by atoms with E-state index in [-0.39, 0.29) is 86.2 Å². The number of nitrogens with zero attached hydrogens (tertiary/aromatic N) is 2. The van der Waals surface area contributed by atoms with E-state index in [4.69, 9.17) is 18.9 Å². The third-order valence-corrected chi connectivity index (χ3v) is 12.3. The van der Waals surface area contributed by atoms with Crippen LogP contribution in [0.4, 0.5) is 18.0 Å². The molecule has 8 atom stereocenters. The summed E-state index contributed by atoms with van der Waals surface area (Å²) < 4.78 is 64.3. The van der Waals surface area contributed by atoms with E-state index in [0.29, 0.717) is 18.1 Å². The van der Waals surface area contributed by atoms with Crippen LogP contribution in [0.3, 0.4) is 0 Å². The summed E-state index contributed by atoms with van der Waals surface area (Å²) in [5, 5.41) is 69.3. The maximum absolute atomic E-state index is 14.0. The number of benzene rings is 2. The summed E-state index contributed by atoms with van der Waals surface area (Å²) in [6.45, 7) is -0.510. The molecule has 0 unspecified atom stereocenters. The number of aliphatic hydroxyl groups excluding tert-OH is 3. The summed E-state index contributed by atoms with van der Waals surface area (Å²) in [6.07, 6.45) is -7.82. The summed E-state index contributed by atoms with van der Waals surface area (Å²) in [5.41, 5.74) is -3.94. The Labute approximate surface area is 362 Å². The van der Waals surface area contributed by atoms with Crippen LogP contribution >= 0.6 is 11.8 Å². The highest BCUT2D eigenvalue weighted by atomic mass is 32.2. The lowest BCUT2D eigenvalue weighted by Gasteiger charge is -2.43. The number of ether oxygens (including phenoxy) is 4. The molecule has 6 rings (SSSR count). The molecular formula is C40H49F3N6O13S. The Morgan fingerprint density at radius 1 is 0.984 bits per heavy atom. The lowest BCUT2D eigenvalue weighted by molar-refractivity contribution is -0.185. The third kappa shape index (κ3) is 11.8. The van der Waals surface area contributed by atoms with E-state index in [0.717, 1.165) is 42.9 Å². The molecule has 2 aromatic rings. The molecule has 344 valence electrons. The van der Waals surface area contributed by atoms with Gasteiger partial charge in [-0.3, -0.25) is 9.59 Å². The zero-order valence-corrected chi connectivity index (χ0v) is 34.5. The van der Waals surface area contributed by atoms with Gasteiger partial charge in [0.05, 0.1) is 62.3 Å². The fourth-order valence-electron chi connectivity index (χ4n) is 7.43. The van der Waals surface area contributed by atoms with E-state index in [1.54, 1.807) is 0 Å². The van der Waals surface area contributed by atoms with Gasteiger partial charge in [-0.25, -0.2) is 9.59 Å². The first-order valence-corrected chi connectivity index (χ1v) is 21.2. The number of hydrogen-bond acceptors (Lipinski definition) is 15. The number of aliphatic hydroxyl groups is 3. The molecule has 9 N–H and O–H groups in total. The van der Waals surface area contributed by atoms with Crippen molar-refractivity contribution in [3.05, 3.63) is 64.7 Å². The molecule has 0 saturated carbocycles. The van der Waals surface area contributed by atoms with Crippen molar-refractivity contribution in [2.24, 2.45) is 10.2 Å². The second kappa shape index (κ2) is 21.1. The van der Waals surface area contributed by atoms with Crippen LogP contribution in [0.25, 0.3) is 6.08 Å². The van der Waals surface area contributed by atoms with Gasteiger partial charge in [-0.05, 0) is 48.7 Å². The Morgan fingerprint density at radius 3 is 2.38 bits per heavy atom. The van der Waals surface area contributed by atoms with Crippen molar-refractivity contribution in [1.82, 2.24) is 21.3 Å². The van der Waals surface area contributed by atoms with Gasteiger partial charge in [-0.2, -0.15) is 24.9 Å². The fourth-order valence-corrected chi connectivity index (χ4v) is 8.98. The van der Waals surface area contributed by atoms with Crippen molar-refractivity contribution in [3.63, 3.8) is 0 Å². The van der Waals surface area contributed by atoms with E-state index < -0.39 is 71.9 Å². The number of amides is 4. The Kier molecular flexibility index (Phi) is 15.9. The van der Waals surface area contributed by atoms with E-state index in [2.05, 4.69) is 31.5 Å². The Bertz CT molecular complexity index is 2010. The molecule has 0 aliphatic carbocycles. The first-order valence-electron chi connectivity index (χ1n) is 20.2. The number of halogens is 3. The summed E-state index contributed by atoms with van der Waals surface area (Å²) in [4.78, 5) is 50.2. The highest BCUT2D eigenvalue weighted by Crippen LogP contribution is 2.53. The SMILES string of the molecule is O=C(CCCC[C@@H]1SC[C@@H]2NC(=O)N[C@@H]21)NCCOCCOCCOc1cc(C2(C(F)(F)F)N=N2)ccc1C(=O)N[C@@H]1[C@@H](O)[C@@H](O)[C@@H](CO)O[C@H]1/C(=C\c1ccc(O)cc1)C(=O)O. The van der Waals surface area contributed by atoms with Crippen molar-refractivity contribution >= 4 is 41.7 Å². The number of phenolic OH excluding ortho intramolecular Hbond substituents is 1. The molecule has 0 bridgehead atoms. The van der Waals surface area contributed by atoms with Gasteiger partial charge in [-0.15, -0.1) is 10.2 Å². The number of thioether (sulfide) groups is 1. The number of hydrogen-bond donors (Lipinski definition) is 9. The predicted molar refractivity (Wildman–Crippen MR) is 216 cm³/mol. The van der Waals surface area contributed by atoms with Crippen LogP contribution in [0.1, 0.15) is 47.2 Å². The molecule has 0 radical (unpaired) electrons. The molecule has 23 heteroatoms. The minimum atomic E-state index is -4.92. The summed E-state index contributed by atoms with van der Waals surface area (Å²) >= 11 is 1.83. The zero-order chi connectivity index (χ0) is 45.3. The van der Waals surface area contributed by atoms with Crippen molar-refractivity contribution in [2.75, 3.05) is 51.9 Å². The van der Waals surface area contributed by atoms with E-state index >= 15 is 0 Å². The smallest absolute Gasteiger partial charge is 0.442 e. The van der Waals surface area contributed by atoms with Gasteiger partial charge in [0.25, 0.3) is 5.91 Å². The van der Waals surface area contributed by atoms with Gasteiger partial charge < -0.3 is 65.7 Å². The number of carboxylic acids is 1. The van der Waals surface area contributed by atoms with Crippen LogP contribution in [0.15, 0.2) is 58.3 Å². The number of nitrogens with one attached hydrogen (secondary N) is 4. The standard InChI is InChI=1S/C40H49F3N6O13S/c41-40(42,43)39(48-49-39)22-7-10-24(36(55)46-32-34(54)33(53)28(19-50)62-35(32)25(37(56)57)17-21-5-8-23(51)9-6-21)27(18-22)61-16-15-60-14-13-59-12-11-44-30(52)4-2-1-3-29-31-26(20-63-29)45-38(58)47-31/h5-10,17-18,26,28-29,31-35,50-51,53-54H,1-4,11-16,19-20H2,(H,44,52)(H,46,55)(H,56,57)(H2,45,47,58)/b25-17+/t26-,28+,29-,31-,32+,33-,34+,35-/m0/s1. The van der Waals surface area contributed by atoms with Gasteiger partial charge in [0.2, 0.25) is 5.91 Å². The first kappa shape index (κ1) is 47.4. The average molecular weight is 911 g/mol. The minimum Gasteiger partial charge on any atom is -0.508 e. The minimum absolute atomic E-state index is 0.0817. The Morgan fingerprint density at radius 2 is 1.70 bits per heavy atom. The Hall–Kier alpha value is -5.04. The van der Waals surface area contributed by atoms with E-state index in [9.17, 15) is 57.9 Å². The maximum atomic E-state index is 14.0. The molecule has 3 fully saturated rings. The van der Waals surface area contributed by atoms with Crippen molar-refractivity contribution in [2.45, 2.75) is 85.3 Å². The van der Waals surface area contributed by atoms with Gasteiger partial charge in [-0.1, -0.05) is 24.6 Å². The van der Waals surface area contributed by atoms with Gasteiger partial charge in [0.15, 0.2) is 0 Å². The molecule has 2 aromatic carbocycles. The maximum Gasteiger partial charge on any atom is 0.442 e. The van der Waals surface area contributed by atoms with Crippen LogP contribution in [-0.4, -0.2) is 155 Å². The fraction of sp³-hybridized carbons (Fsp3) is 0.550. The second-order valence-corrected chi connectivity index (χ2v) is 16.4. The molecule has 4 aliphatic heterocycles. The highest BCUT2D eigenvalue weighted by Gasteiger charge is 2.65. The van der Waals surface area contributed by atoms with Gasteiger partial charge in [0.1, 0.15) is 42.5 Å². The normalized spacial score (nSPS) is 26.1. The Balaban J connectivity index is 0.999. The third-order valence-electron chi connectivity index (χ3n) is 10.8. The largest absolute Gasteiger partial charge is 0.508 e. The molecule has 4 amide bonds. The number of carbonyl (C=O) groups excluding carboxylic acids is 3. The number of alkyl halides is 3. The quantitative estimate of drug-likeness (QED) is 0.0461. The van der Waals surface area contributed by atoms with Crippen LogP contribution < -0.4 is 26.0 Å². The van der Waals surface area contributed by atoms with Crippen LogP contribution in [-0.2, 0) is 29.5 Å². The molecule has 3 saturated heterocycles. The summed E-state index contributed by atoms with van der Waals surface area (Å²) in [7, 11) is 0. The predicted octanol–water partition coefficient (Wildman–Crippen LogP) is 1.58. The molecule has 0 aromatic heterocycles. The van der Waals surface area contributed by atoms with Crippen molar-refractivity contribution < 1.29 is 76.8 Å². The topological polar surface area (TPSA) is 279 Å². The number of rotatable bonds is 22. The number of urea groups is 1. The average Bonchev–Trinajstić information content (AvgIpc) is 3.89. The monoisotopic (exact) mass is 910 g/mol. The number of phenols is 1. The number of unbranched alkanes of at least 4 members (excludes halogenated alkanes) is 1. The number of aromatic hydroxyl groups is 1. The van der Waals surface area contributed by atoms with Crippen LogP contribution in [0.5, 0.6) is 11.5 Å². The van der Waals surface area contributed by atoms with Gasteiger partial charge >= 0.3 is 23.8 Å². The molecule has 19 nitrogen and oxygen atoms in total. The molecule has 63 heavy (non-hydrogen) atoms. The number of aliphatic carboxylic acids is 1. The summed E-state index contributed by atoms with van der Waals surface area (Å²) in [6, 6.07) is 6.69.